The van der Waals surface area contributed by atoms with E-state index >= 15 is 0 Å². The summed E-state index contributed by atoms with van der Waals surface area (Å²) in [7, 11) is 0. The molecule has 1 aliphatic rings. The molecular weight excluding hydrogens is 188 g/mol. The van der Waals surface area contributed by atoms with E-state index in [0.717, 1.165) is 5.56 Å². The molecule has 0 amide bonds. The standard InChI is InChI=1S/C13H14O2/c1-13(10-5-3-2-4-6-10)8-7-11(14)9-12(13)15/h2-6,9,15H,7-8H2,1H3. The Labute approximate surface area is 89.2 Å². The molecule has 0 spiro atoms. The van der Waals surface area contributed by atoms with Crippen LogP contribution >= 0.6 is 0 Å². The van der Waals surface area contributed by atoms with Gasteiger partial charge in [0.05, 0.1) is 5.41 Å². The molecule has 15 heavy (non-hydrogen) atoms. The minimum atomic E-state index is -0.394. The van der Waals surface area contributed by atoms with Crippen LogP contribution in [-0.2, 0) is 10.2 Å². The number of aliphatic hydroxyl groups is 1. The van der Waals surface area contributed by atoms with Crippen molar-refractivity contribution in [1.29, 1.82) is 0 Å². The van der Waals surface area contributed by atoms with Crippen LogP contribution in [0.15, 0.2) is 42.2 Å². The second kappa shape index (κ2) is 3.54. The first-order chi connectivity index (χ1) is 7.13. The quantitative estimate of drug-likeness (QED) is 0.760. The first-order valence-corrected chi connectivity index (χ1v) is 5.12. The van der Waals surface area contributed by atoms with Crippen molar-refractivity contribution in [1.82, 2.24) is 0 Å². The largest absolute Gasteiger partial charge is 0.511 e. The average Bonchev–Trinajstić information content (AvgIpc) is 2.25. The molecule has 2 rings (SSSR count). The van der Waals surface area contributed by atoms with Gasteiger partial charge in [-0.25, -0.2) is 0 Å². The summed E-state index contributed by atoms with van der Waals surface area (Å²) in [6.07, 6.45) is 2.55. The Bertz CT molecular complexity index is 406. The number of hydrogen-bond donors (Lipinski definition) is 1. The predicted molar refractivity (Wildman–Crippen MR) is 58.7 cm³/mol. The van der Waals surface area contributed by atoms with Crippen molar-refractivity contribution in [2.24, 2.45) is 0 Å². The van der Waals surface area contributed by atoms with Crippen LogP contribution in [0.25, 0.3) is 0 Å². The van der Waals surface area contributed by atoms with E-state index in [2.05, 4.69) is 0 Å². The second-order valence-electron chi connectivity index (χ2n) is 4.19. The maximum absolute atomic E-state index is 11.2. The van der Waals surface area contributed by atoms with Crippen molar-refractivity contribution < 1.29 is 9.90 Å². The third kappa shape index (κ3) is 1.67. The monoisotopic (exact) mass is 202 g/mol. The van der Waals surface area contributed by atoms with Crippen LogP contribution in [0.2, 0.25) is 0 Å². The molecule has 0 aromatic heterocycles. The van der Waals surface area contributed by atoms with Crippen LogP contribution in [0.5, 0.6) is 0 Å². The Kier molecular flexibility index (Phi) is 2.35. The van der Waals surface area contributed by atoms with Crippen LogP contribution in [0.4, 0.5) is 0 Å². The molecule has 0 fully saturated rings. The van der Waals surface area contributed by atoms with Gasteiger partial charge in [0.25, 0.3) is 0 Å². The minimum Gasteiger partial charge on any atom is -0.511 e. The lowest BCUT2D eigenvalue weighted by atomic mass is 9.73. The fourth-order valence-electron chi connectivity index (χ4n) is 1.98. The molecule has 1 aromatic carbocycles. The molecule has 0 bridgehead atoms. The lowest BCUT2D eigenvalue weighted by molar-refractivity contribution is -0.115. The van der Waals surface area contributed by atoms with Gasteiger partial charge in [0.1, 0.15) is 5.76 Å². The highest BCUT2D eigenvalue weighted by atomic mass is 16.3. The molecule has 0 heterocycles. The molecule has 1 aromatic rings. The third-order valence-electron chi connectivity index (χ3n) is 3.15. The van der Waals surface area contributed by atoms with E-state index < -0.39 is 5.41 Å². The lowest BCUT2D eigenvalue weighted by Crippen LogP contribution is -2.29. The van der Waals surface area contributed by atoms with Crippen molar-refractivity contribution in [2.45, 2.75) is 25.2 Å². The fraction of sp³-hybridized carbons (Fsp3) is 0.308. The van der Waals surface area contributed by atoms with Gasteiger partial charge in [-0.15, -0.1) is 0 Å². The zero-order valence-corrected chi connectivity index (χ0v) is 8.73. The van der Waals surface area contributed by atoms with Gasteiger partial charge >= 0.3 is 0 Å². The highest BCUT2D eigenvalue weighted by Crippen LogP contribution is 2.37. The smallest absolute Gasteiger partial charge is 0.159 e. The van der Waals surface area contributed by atoms with Gasteiger partial charge in [-0.3, -0.25) is 4.79 Å². The Morgan fingerprint density at radius 1 is 1.27 bits per heavy atom. The Morgan fingerprint density at radius 2 is 1.93 bits per heavy atom. The summed E-state index contributed by atoms with van der Waals surface area (Å²) < 4.78 is 0. The van der Waals surface area contributed by atoms with Gasteiger partial charge in [-0.05, 0) is 18.9 Å². The number of carbonyl (C=O) groups excluding carboxylic acids is 1. The van der Waals surface area contributed by atoms with E-state index in [1.54, 1.807) is 0 Å². The highest BCUT2D eigenvalue weighted by Gasteiger charge is 2.34. The van der Waals surface area contributed by atoms with E-state index in [1.165, 1.54) is 6.08 Å². The van der Waals surface area contributed by atoms with Crippen LogP contribution in [-0.4, -0.2) is 10.9 Å². The predicted octanol–water partition coefficient (Wildman–Crippen LogP) is 2.75. The number of hydrogen-bond acceptors (Lipinski definition) is 2. The first-order valence-electron chi connectivity index (χ1n) is 5.12. The highest BCUT2D eigenvalue weighted by molar-refractivity contribution is 5.91. The number of benzene rings is 1. The number of aliphatic hydroxyl groups excluding tert-OH is 1. The van der Waals surface area contributed by atoms with Crippen molar-refractivity contribution in [3.05, 3.63) is 47.7 Å². The minimum absolute atomic E-state index is 0.0147. The van der Waals surface area contributed by atoms with Gasteiger partial charge in [0.15, 0.2) is 5.78 Å². The van der Waals surface area contributed by atoms with Gasteiger partial charge in [-0.1, -0.05) is 30.3 Å². The summed E-state index contributed by atoms with van der Waals surface area (Å²) in [6, 6.07) is 9.82. The van der Waals surface area contributed by atoms with E-state index in [1.807, 2.05) is 37.3 Å². The van der Waals surface area contributed by atoms with Crippen molar-refractivity contribution in [3.63, 3.8) is 0 Å². The molecule has 1 atom stereocenters. The molecule has 2 heteroatoms. The summed E-state index contributed by atoms with van der Waals surface area (Å²) in [5.41, 5.74) is 0.668. The van der Waals surface area contributed by atoms with E-state index in [0.29, 0.717) is 12.8 Å². The average molecular weight is 202 g/mol. The number of carbonyl (C=O) groups is 1. The summed E-state index contributed by atoms with van der Waals surface area (Å²) in [4.78, 5) is 11.2. The summed E-state index contributed by atoms with van der Waals surface area (Å²) >= 11 is 0. The zero-order chi connectivity index (χ0) is 10.9. The van der Waals surface area contributed by atoms with Crippen molar-refractivity contribution in [2.75, 3.05) is 0 Å². The molecule has 1 aliphatic carbocycles. The molecule has 78 valence electrons. The van der Waals surface area contributed by atoms with E-state index in [4.69, 9.17) is 0 Å². The first kappa shape index (κ1) is 9.97. The van der Waals surface area contributed by atoms with Gasteiger partial charge in [0.2, 0.25) is 0 Å². The fourth-order valence-corrected chi connectivity index (χ4v) is 1.98. The molecule has 1 unspecified atom stereocenters. The van der Waals surface area contributed by atoms with Gasteiger partial charge in [-0.2, -0.15) is 0 Å². The van der Waals surface area contributed by atoms with Crippen molar-refractivity contribution in [3.8, 4) is 0 Å². The number of rotatable bonds is 1. The maximum atomic E-state index is 11.2. The lowest BCUT2D eigenvalue weighted by Gasteiger charge is -2.31. The number of ketones is 1. The van der Waals surface area contributed by atoms with E-state index in [9.17, 15) is 9.90 Å². The van der Waals surface area contributed by atoms with Crippen LogP contribution < -0.4 is 0 Å². The molecule has 0 saturated heterocycles. The molecule has 1 N–H and O–H groups in total. The van der Waals surface area contributed by atoms with Crippen molar-refractivity contribution >= 4 is 5.78 Å². The van der Waals surface area contributed by atoms with Gasteiger partial charge < -0.3 is 5.11 Å². The normalized spacial score (nSPS) is 26.2. The second-order valence-corrected chi connectivity index (χ2v) is 4.19. The summed E-state index contributed by atoms with van der Waals surface area (Å²) in [5.74, 6) is 0.200. The topological polar surface area (TPSA) is 37.3 Å². The molecule has 0 saturated carbocycles. The third-order valence-corrected chi connectivity index (χ3v) is 3.15. The summed E-state index contributed by atoms with van der Waals surface area (Å²) in [5, 5.41) is 9.89. The van der Waals surface area contributed by atoms with Gasteiger partial charge in [0, 0.05) is 12.5 Å². The SMILES string of the molecule is CC1(c2ccccc2)CCC(=O)C=C1O. The van der Waals surface area contributed by atoms with Crippen LogP contribution in [0, 0.1) is 0 Å². The molecule has 0 aliphatic heterocycles. The van der Waals surface area contributed by atoms with Crippen LogP contribution in [0.3, 0.4) is 0 Å². The van der Waals surface area contributed by atoms with E-state index in [-0.39, 0.29) is 11.5 Å². The zero-order valence-electron chi connectivity index (χ0n) is 8.73. The Hall–Kier alpha value is -1.57. The van der Waals surface area contributed by atoms with Crippen LogP contribution in [0.1, 0.15) is 25.3 Å². The molecule has 2 nitrogen and oxygen atoms in total. The maximum Gasteiger partial charge on any atom is 0.159 e. The Balaban J connectivity index is 2.44. The Morgan fingerprint density at radius 3 is 2.53 bits per heavy atom. The molecule has 0 radical (unpaired) electrons. The number of allylic oxidation sites excluding steroid dienone is 2. The summed E-state index contributed by atoms with van der Waals surface area (Å²) in [6.45, 7) is 1.97. The molecular formula is C13H14O2.